The zero-order valence-corrected chi connectivity index (χ0v) is 6.95. The minimum absolute atomic E-state index is 0.281. The van der Waals surface area contributed by atoms with Crippen molar-refractivity contribution in [2.24, 2.45) is 0 Å². The molecule has 3 nitrogen and oxygen atoms in total. The number of hydrogen-bond acceptors (Lipinski definition) is 2. The summed E-state index contributed by atoms with van der Waals surface area (Å²) in [5, 5.41) is -0.281. The molecule has 1 amide bonds. The predicted octanol–water partition coefficient (Wildman–Crippen LogP) is 1.57. The van der Waals surface area contributed by atoms with Gasteiger partial charge in [-0.1, -0.05) is 12.6 Å². The number of rotatable bonds is 1. The van der Waals surface area contributed by atoms with Gasteiger partial charge in [0.2, 0.25) is 0 Å². The monoisotopic (exact) mass is 168 g/mol. The van der Waals surface area contributed by atoms with Crippen LogP contribution >= 0.6 is 12.6 Å². The van der Waals surface area contributed by atoms with Crippen molar-refractivity contribution in [2.45, 2.75) is 0 Å². The first-order chi connectivity index (χ1) is 5.22. The fraction of sp³-hybridized carbons (Fsp3) is 0.143. The van der Waals surface area contributed by atoms with Crippen molar-refractivity contribution >= 4 is 23.6 Å². The Labute approximate surface area is 70.5 Å². The first-order valence-corrected chi connectivity index (χ1v) is 3.53. The van der Waals surface area contributed by atoms with Gasteiger partial charge in [0.1, 0.15) is 0 Å². The number of amides is 1. The van der Waals surface area contributed by atoms with Gasteiger partial charge >= 0.3 is 0 Å². The van der Waals surface area contributed by atoms with Crippen LogP contribution in [0.2, 0.25) is 0 Å². The van der Waals surface area contributed by atoms with E-state index in [2.05, 4.69) is 17.6 Å². The van der Waals surface area contributed by atoms with E-state index in [1.165, 1.54) is 4.90 Å². The maximum atomic E-state index is 10.7. The Morgan fingerprint density at radius 1 is 1.55 bits per heavy atom. The van der Waals surface area contributed by atoms with Gasteiger partial charge in [0.15, 0.2) is 0 Å². The van der Waals surface area contributed by atoms with Gasteiger partial charge in [0.05, 0.1) is 0 Å². The van der Waals surface area contributed by atoms with Crippen LogP contribution in [-0.4, -0.2) is 17.3 Å². The highest BCUT2D eigenvalue weighted by atomic mass is 32.1. The van der Waals surface area contributed by atoms with Crippen molar-refractivity contribution in [2.75, 3.05) is 11.9 Å². The fourth-order valence-electron chi connectivity index (χ4n) is 0.678. The lowest BCUT2D eigenvalue weighted by atomic mass is 10.4. The van der Waals surface area contributed by atoms with Crippen molar-refractivity contribution in [3.05, 3.63) is 24.5 Å². The van der Waals surface area contributed by atoms with Crippen LogP contribution in [0.25, 0.3) is 0 Å². The molecule has 0 aliphatic carbocycles. The smallest absolute Gasteiger partial charge is 0.282 e. The third-order valence-corrected chi connectivity index (χ3v) is 1.64. The zero-order valence-electron chi connectivity index (χ0n) is 6.06. The zero-order chi connectivity index (χ0) is 8.27. The van der Waals surface area contributed by atoms with E-state index in [0.717, 1.165) is 5.69 Å². The molecule has 0 radical (unpaired) electrons. The largest absolute Gasteiger partial charge is 0.306 e. The molecule has 0 N–H and O–H groups in total. The lowest BCUT2D eigenvalue weighted by Crippen LogP contribution is -2.19. The van der Waals surface area contributed by atoms with Gasteiger partial charge in [-0.2, -0.15) is 0 Å². The Balaban J connectivity index is 2.85. The van der Waals surface area contributed by atoms with Crippen molar-refractivity contribution in [3.8, 4) is 0 Å². The standard InChI is InChI=1S/C7H8N2OS/c1-9(7(10)11)6-2-4-8-5-3-6/h2-5H,1H3,(H,10,11). The summed E-state index contributed by atoms with van der Waals surface area (Å²) in [6.45, 7) is 0. The molecule has 0 fully saturated rings. The summed E-state index contributed by atoms with van der Waals surface area (Å²) in [5.74, 6) is 0. The van der Waals surface area contributed by atoms with Crippen LogP contribution in [0, 0.1) is 0 Å². The summed E-state index contributed by atoms with van der Waals surface area (Å²) in [4.78, 5) is 16.0. The number of pyridine rings is 1. The second kappa shape index (κ2) is 3.39. The average molecular weight is 168 g/mol. The molecule has 58 valence electrons. The number of carbonyl (C=O) groups excluding carboxylic acids is 1. The molecule has 0 saturated heterocycles. The van der Waals surface area contributed by atoms with E-state index in [1.54, 1.807) is 31.6 Å². The molecule has 1 rings (SSSR count). The van der Waals surface area contributed by atoms with Crippen LogP contribution in [0.15, 0.2) is 24.5 Å². The number of thiol groups is 1. The van der Waals surface area contributed by atoms with Gasteiger partial charge in [-0.05, 0) is 12.1 Å². The van der Waals surface area contributed by atoms with Crippen LogP contribution in [0.3, 0.4) is 0 Å². The highest BCUT2D eigenvalue weighted by Gasteiger charge is 2.03. The molecule has 0 bridgehead atoms. The summed E-state index contributed by atoms with van der Waals surface area (Å²) < 4.78 is 0. The van der Waals surface area contributed by atoms with E-state index < -0.39 is 0 Å². The van der Waals surface area contributed by atoms with Gasteiger partial charge in [-0.25, -0.2) is 0 Å². The molecule has 0 spiro atoms. The number of aromatic nitrogens is 1. The molecule has 0 aromatic carbocycles. The molecule has 1 aromatic rings. The van der Waals surface area contributed by atoms with Crippen LogP contribution in [0.4, 0.5) is 10.5 Å². The second-order valence-corrected chi connectivity index (χ2v) is 2.43. The molecule has 0 aliphatic rings. The molecular weight excluding hydrogens is 160 g/mol. The Bertz CT molecular complexity index is 250. The molecule has 0 unspecified atom stereocenters. The van der Waals surface area contributed by atoms with Crippen LogP contribution in [0.5, 0.6) is 0 Å². The minimum atomic E-state index is -0.281. The number of hydrogen-bond donors (Lipinski definition) is 1. The van der Waals surface area contributed by atoms with Crippen LogP contribution in [0.1, 0.15) is 0 Å². The van der Waals surface area contributed by atoms with Crippen molar-refractivity contribution < 1.29 is 4.79 Å². The molecule has 4 heteroatoms. The van der Waals surface area contributed by atoms with Crippen molar-refractivity contribution in [1.29, 1.82) is 0 Å². The van der Waals surface area contributed by atoms with E-state index in [0.29, 0.717) is 0 Å². The van der Waals surface area contributed by atoms with E-state index in [-0.39, 0.29) is 5.24 Å². The molecule has 0 aliphatic heterocycles. The molecule has 0 saturated carbocycles. The predicted molar refractivity (Wildman–Crippen MR) is 47.0 cm³/mol. The van der Waals surface area contributed by atoms with Crippen LogP contribution < -0.4 is 4.90 Å². The third kappa shape index (κ3) is 1.94. The van der Waals surface area contributed by atoms with E-state index in [1.807, 2.05) is 0 Å². The summed E-state index contributed by atoms with van der Waals surface area (Å²) in [5.41, 5.74) is 0.792. The maximum absolute atomic E-state index is 10.7. The van der Waals surface area contributed by atoms with E-state index in [4.69, 9.17) is 0 Å². The number of anilines is 1. The lowest BCUT2D eigenvalue weighted by molar-refractivity contribution is 0.266. The Morgan fingerprint density at radius 2 is 2.09 bits per heavy atom. The molecule has 1 heterocycles. The summed E-state index contributed by atoms with van der Waals surface area (Å²) in [6, 6.07) is 3.49. The Morgan fingerprint density at radius 3 is 2.55 bits per heavy atom. The second-order valence-electron chi connectivity index (χ2n) is 2.05. The Hall–Kier alpha value is -1.03. The number of carbonyl (C=O) groups is 1. The van der Waals surface area contributed by atoms with Crippen LogP contribution in [-0.2, 0) is 0 Å². The molecular formula is C7H8N2OS. The third-order valence-electron chi connectivity index (χ3n) is 1.34. The lowest BCUT2D eigenvalue weighted by Gasteiger charge is -2.12. The quantitative estimate of drug-likeness (QED) is 0.646. The van der Waals surface area contributed by atoms with Gasteiger partial charge < -0.3 is 4.90 Å². The SMILES string of the molecule is CN(C(=O)S)c1ccncc1. The Kier molecular flexibility index (Phi) is 2.48. The summed E-state index contributed by atoms with van der Waals surface area (Å²) in [7, 11) is 1.66. The number of nitrogens with zero attached hydrogens (tertiary/aromatic N) is 2. The summed E-state index contributed by atoms with van der Waals surface area (Å²) in [6.07, 6.45) is 3.26. The molecule has 0 atom stereocenters. The van der Waals surface area contributed by atoms with E-state index in [9.17, 15) is 4.79 Å². The van der Waals surface area contributed by atoms with Gasteiger partial charge in [-0.3, -0.25) is 9.78 Å². The van der Waals surface area contributed by atoms with Crippen molar-refractivity contribution in [1.82, 2.24) is 4.98 Å². The highest BCUT2D eigenvalue weighted by Crippen LogP contribution is 2.10. The average Bonchev–Trinajstić information content (AvgIpc) is 2.05. The summed E-state index contributed by atoms with van der Waals surface area (Å²) >= 11 is 3.67. The molecule has 11 heavy (non-hydrogen) atoms. The fourth-order valence-corrected chi connectivity index (χ4v) is 0.794. The first-order valence-electron chi connectivity index (χ1n) is 3.08. The van der Waals surface area contributed by atoms with Gasteiger partial charge in [0, 0.05) is 25.1 Å². The van der Waals surface area contributed by atoms with Crippen molar-refractivity contribution in [3.63, 3.8) is 0 Å². The van der Waals surface area contributed by atoms with E-state index >= 15 is 0 Å². The van der Waals surface area contributed by atoms with Gasteiger partial charge in [0.25, 0.3) is 5.24 Å². The topological polar surface area (TPSA) is 33.2 Å². The maximum Gasteiger partial charge on any atom is 0.282 e. The first kappa shape index (κ1) is 8.07. The normalized spacial score (nSPS) is 9.27. The minimum Gasteiger partial charge on any atom is -0.306 e. The highest BCUT2D eigenvalue weighted by molar-refractivity contribution is 7.96. The molecule has 1 aromatic heterocycles. The van der Waals surface area contributed by atoms with Gasteiger partial charge in [-0.15, -0.1) is 0 Å².